The maximum atomic E-state index is 12.3. The third-order valence-electron chi connectivity index (χ3n) is 2.92. The highest BCUT2D eigenvalue weighted by Gasteiger charge is 2.31. The highest BCUT2D eigenvalue weighted by atomic mass is 35.5. The van der Waals surface area contributed by atoms with Crippen LogP contribution in [0.3, 0.4) is 0 Å². The van der Waals surface area contributed by atoms with E-state index in [1.165, 1.54) is 18.2 Å². The number of carbonyl (C=O) groups is 1. The van der Waals surface area contributed by atoms with Crippen LogP contribution in [0.2, 0.25) is 0 Å². The number of carbonyl (C=O) groups excluding carboxylic acids is 1. The van der Waals surface area contributed by atoms with Crippen LogP contribution in [0.4, 0.5) is 13.2 Å². The van der Waals surface area contributed by atoms with E-state index in [4.69, 9.17) is 0 Å². The van der Waals surface area contributed by atoms with Crippen LogP contribution in [0.1, 0.15) is 18.9 Å². The molecule has 0 saturated carbocycles. The second kappa shape index (κ2) is 9.53. The van der Waals surface area contributed by atoms with Gasteiger partial charge in [0.15, 0.2) is 0 Å². The Hall–Kier alpha value is -1.47. The van der Waals surface area contributed by atoms with Crippen LogP contribution in [0, 0.1) is 0 Å². The number of ether oxygens (including phenoxy) is 1. The summed E-state index contributed by atoms with van der Waals surface area (Å²) in [5, 5.41) is 5.68. The van der Waals surface area contributed by atoms with Crippen molar-refractivity contribution >= 4 is 18.3 Å². The van der Waals surface area contributed by atoms with Gasteiger partial charge in [-0.2, -0.15) is 0 Å². The van der Waals surface area contributed by atoms with Gasteiger partial charge in [-0.3, -0.25) is 4.79 Å². The second-order valence-corrected chi connectivity index (χ2v) is 4.65. The molecule has 0 spiro atoms. The van der Waals surface area contributed by atoms with Crippen molar-refractivity contribution in [3.8, 4) is 5.75 Å². The number of aryl methyl sites for hydroxylation is 1. The van der Waals surface area contributed by atoms with Gasteiger partial charge < -0.3 is 15.4 Å². The maximum absolute atomic E-state index is 12.3. The van der Waals surface area contributed by atoms with Crippen LogP contribution >= 0.6 is 12.4 Å². The molecule has 1 aromatic rings. The number of nitrogens with one attached hydrogen (secondary N) is 2. The van der Waals surface area contributed by atoms with Gasteiger partial charge in [-0.15, -0.1) is 25.6 Å². The summed E-state index contributed by atoms with van der Waals surface area (Å²) < 4.78 is 40.7. The standard InChI is InChI=1S/C14H19F3N2O2.ClH/c1-10(18-2)9-19-13(20)8-7-11-5-3-4-6-12(11)21-14(15,16)17;/h3-6,10,18H,7-9H2,1-2H3,(H,19,20);1H. The van der Waals surface area contributed by atoms with E-state index in [0.717, 1.165) is 0 Å². The quantitative estimate of drug-likeness (QED) is 0.802. The van der Waals surface area contributed by atoms with Gasteiger partial charge in [-0.25, -0.2) is 0 Å². The van der Waals surface area contributed by atoms with E-state index in [9.17, 15) is 18.0 Å². The van der Waals surface area contributed by atoms with Crippen LogP contribution in [-0.4, -0.2) is 31.9 Å². The van der Waals surface area contributed by atoms with Crippen molar-refractivity contribution in [3.05, 3.63) is 29.8 Å². The average molecular weight is 341 g/mol. The zero-order valence-corrected chi connectivity index (χ0v) is 13.2. The predicted octanol–water partition coefficient (Wildman–Crippen LogP) is 2.66. The van der Waals surface area contributed by atoms with Crippen LogP contribution in [0.5, 0.6) is 5.75 Å². The second-order valence-electron chi connectivity index (χ2n) is 4.65. The van der Waals surface area contributed by atoms with E-state index in [0.29, 0.717) is 12.1 Å². The molecule has 0 aliphatic rings. The zero-order chi connectivity index (χ0) is 15.9. The van der Waals surface area contributed by atoms with Gasteiger partial charge in [0.05, 0.1) is 0 Å². The van der Waals surface area contributed by atoms with Gasteiger partial charge in [-0.05, 0) is 32.0 Å². The molecule has 0 heterocycles. The Balaban J connectivity index is 0.00000441. The third kappa shape index (κ3) is 8.09. The number of hydrogen-bond donors (Lipinski definition) is 2. The molecule has 4 nitrogen and oxygen atoms in total. The minimum atomic E-state index is -4.74. The Kier molecular flexibility index (Phi) is 8.89. The number of benzene rings is 1. The molecular weight excluding hydrogens is 321 g/mol. The van der Waals surface area contributed by atoms with Gasteiger partial charge in [0.2, 0.25) is 5.91 Å². The Bertz CT molecular complexity index is 470. The summed E-state index contributed by atoms with van der Waals surface area (Å²) in [6.45, 7) is 2.38. The summed E-state index contributed by atoms with van der Waals surface area (Å²) in [7, 11) is 1.78. The number of amides is 1. The minimum Gasteiger partial charge on any atom is -0.406 e. The lowest BCUT2D eigenvalue weighted by atomic mass is 10.1. The molecule has 1 aromatic carbocycles. The Morgan fingerprint density at radius 1 is 1.32 bits per heavy atom. The highest BCUT2D eigenvalue weighted by Crippen LogP contribution is 2.26. The van der Waals surface area contributed by atoms with Gasteiger partial charge in [0, 0.05) is 19.0 Å². The first-order chi connectivity index (χ1) is 9.81. The summed E-state index contributed by atoms with van der Waals surface area (Å²) in [6.07, 6.45) is -4.44. The summed E-state index contributed by atoms with van der Waals surface area (Å²) in [4.78, 5) is 11.6. The molecule has 0 aliphatic heterocycles. The van der Waals surface area contributed by atoms with Crippen LogP contribution in [0.25, 0.3) is 0 Å². The highest BCUT2D eigenvalue weighted by molar-refractivity contribution is 5.85. The summed E-state index contributed by atoms with van der Waals surface area (Å²) in [5.74, 6) is -0.472. The topological polar surface area (TPSA) is 50.4 Å². The third-order valence-corrected chi connectivity index (χ3v) is 2.92. The number of halogens is 4. The Labute approximate surface area is 133 Å². The Morgan fingerprint density at radius 2 is 1.95 bits per heavy atom. The maximum Gasteiger partial charge on any atom is 0.573 e. The van der Waals surface area contributed by atoms with Gasteiger partial charge in [-0.1, -0.05) is 18.2 Å². The van der Waals surface area contributed by atoms with Crippen molar-refractivity contribution in [3.63, 3.8) is 0 Å². The number of para-hydroxylation sites is 1. The number of alkyl halides is 3. The van der Waals surface area contributed by atoms with E-state index in [1.54, 1.807) is 13.1 Å². The first-order valence-electron chi connectivity index (χ1n) is 6.59. The lowest BCUT2D eigenvalue weighted by Crippen LogP contribution is -2.37. The van der Waals surface area contributed by atoms with Crippen molar-refractivity contribution in [1.82, 2.24) is 10.6 Å². The van der Waals surface area contributed by atoms with Crippen molar-refractivity contribution in [2.45, 2.75) is 32.2 Å². The Morgan fingerprint density at radius 3 is 2.55 bits per heavy atom. The smallest absolute Gasteiger partial charge is 0.406 e. The summed E-state index contributed by atoms with van der Waals surface area (Å²) in [5.41, 5.74) is 0.353. The fourth-order valence-electron chi connectivity index (χ4n) is 1.64. The molecule has 0 bridgehead atoms. The lowest BCUT2D eigenvalue weighted by molar-refractivity contribution is -0.274. The fourth-order valence-corrected chi connectivity index (χ4v) is 1.64. The molecular formula is C14H20ClF3N2O2. The SMILES string of the molecule is CNC(C)CNC(=O)CCc1ccccc1OC(F)(F)F.Cl. The molecule has 0 aromatic heterocycles. The minimum absolute atomic E-state index is 0. The molecule has 1 unspecified atom stereocenters. The molecule has 1 rings (SSSR count). The van der Waals surface area contributed by atoms with E-state index in [-0.39, 0.29) is 42.9 Å². The van der Waals surface area contributed by atoms with Gasteiger partial charge in [0.1, 0.15) is 5.75 Å². The molecule has 2 N–H and O–H groups in total. The van der Waals surface area contributed by atoms with Crippen molar-refractivity contribution in [2.75, 3.05) is 13.6 Å². The monoisotopic (exact) mass is 340 g/mol. The first kappa shape index (κ1) is 20.5. The average Bonchev–Trinajstić information content (AvgIpc) is 2.42. The number of rotatable bonds is 7. The number of hydrogen-bond acceptors (Lipinski definition) is 3. The van der Waals surface area contributed by atoms with E-state index in [2.05, 4.69) is 15.4 Å². The van der Waals surface area contributed by atoms with Crippen LogP contribution < -0.4 is 15.4 Å². The molecule has 8 heteroatoms. The van der Waals surface area contributed by atoms with Crippen molar-refractivity contribution in [2.24, 2.45) is 0 Å². The lowest BCUT2D eigenvalue weighted by Gasteiger charge is -2.14. The molecule has 22 heavy (non-hydrogen) atoms. The van der Waals surface area contributed by atoms with E-state index >= 15 is 0 Å². The van der Waals surface area contributed by atoms with Crippen molar-refractivity contribution in [1.29, 1.82) is 0 Å². The fraction of sp³-hybridized carbons (Fsp3) is 0.500. The van der Waals surface area contributed by atoms with Crippen LogP contribution in [-0.2, 0) is 11.2 Å². The molecule has 126 valence electrons. The van der Waals surface area contributed by atoms with Crippen molar-refractivity contribution < 1.29 is 22.7 Å². The molecule has 0 fully saturated rings. The molecule has 0 aliphatic carbocycles. The van der Waals surface area contributed by atoms with E-state index in [1.807, 2.05) is 6.92 Å². The van der Waals surface area contributed by atoms with E-state index < -0.39 is 6.36 Å². The van der Waals surface area contributed by atoms with Crippen LogP contribution in [0.15, 0.2) is 24.3 Å². The first-order valence-corrected chi connectivity index (χ1v) is 6.59. The zero-order valence-electron chi connectivity index (χ0n) is 12.4. The molecule has 1 atom stereocenters. The number of likely N-dealkylation sites (N-methyl/N-ethyl adjacent to an activating group) is 1. The largest absolute Gasteiger partial charge is 0.573 e. The summed E-state index contributed by atoms with van der Waals surface area (Å²) in [6, 6.07) is 5.96. The van der Waals surface area contributed by atoms with Gasteiger partial charge >= 0.3 is 6.36 Å². The molecule has 0 saturated heterocycles. The normalized spacial score (nSPS) is 12.2. The molecule has 1 amide bonds. The van der Waals surface area contributed by atoms with Gasteiger partial charge in [0.25, 0.3) is 0 Å². The summed E-state index contributed by atoms with van der Waals surface area (Å²) >= 11 is 0. The molecule has 0 radical (unpaired) electrons. The predicted molar refractivity (Wildman–Crippen MR) is 80.2 cm³/mol.